The number of hydrogen-bond donors (Lipinski definition) is 2. The van der Waals surface area contributed by atoms with Crippen LogP contribution >= 0.6 is 15.9 Å². The number of halogens is 1. The molecule has 82 valence electrons. The average Bonchev–Trinajstić information content (AvgIpc) is 2.83. The topological polar surface area (TPSA) is 49.7 Å². The van der Waals surface area contributed by atoms with Crippen LogP contribution < -0.4 is 4.74 Å². The molecule has 0 bridgehead atoms. The molecule has 1 fully saturated rings. The Kier molecular flexibility index (Phi) is 2.43. The summed E-state index contributed by atoms with van der Waals surface area (Å²) in [4.78, 5) is 0. The standard InChI is InChI=1S/C11H13BrO3/c1-6-5-7(13)10(15-2)9(12)8(6)11(14)3-4-11/h5,13-14H,3-4H2,1-2H3. The van der Waals surface area contributed by atoms with Crippen molar-refractivity contribution in [3.8, 4) is 11.5 Å². The SMILES string of the molecule is COc1c(O)cc(C)c(C2(O)CC2)c1Br. The first kappa shape index (κ1) is 10.8. The van der Waals surface area contributed by atoms with E-state index in [1.54, 1.807) is 6.07 Å². The first-order valence-corrected chi connectivity index (χ1v) is 5.58. The zero-order chi connectivity index (χ0) is 11.2. The van der Waals surface area contributed by atoms with Crippen LogP contribution in [0.25, 0.3) is 0 Å². The fourth-order valence-corrected chi connectivity index (χ4v) is 2.92. The maximum Gasteiger partial charge on any atom is 0.175 e. The molecule has 2 N–H and O–H groups in total. The van der Waals surface area contributed by atoms with Gasteiger partial charge in [0.25, 0.3) is 0 Å². The molecule has 15 heavy (non-hydrogen) atoms. The van der Waals surface area contributed by atoms with Gasteiger partial charge in [0, 0.05) is 5.56 Å². The molecule has 1 saturated carbocycles. The van der Waals surface area contributed by atoms with Crippen LogP contribution in [0.1, 0.15) is 24.0 Å². The van der Waals surface area contributed by atoms with Gasteiger partial charge in [0.1, 0.15) is 0 Å². The minimum absolute atomic E-state index is 0.0925. The van der Waals surface area contributed by atoms with E-state index in [-0.39, 0.29) is 5.75 Å². The number of ether oxygens (including phenoxy) is 1. The maximum atomic E-state index is 10.1. The van der Waals surface area contributed by atoms with E-state index in [1.807, 2.05) is 6.92 Å². The van der Waals surface area contributed by atoms with Crippen molar-refractivity contribution in [1.82, 2.24) is 0 Å². The molecule has 0 amide bonds. The number of phenols is 1. The number of benzene rings is 1. The van der Waals surface area contributed by atoms with Gasteiger partial charge in [-0.15, -0.1) is 0 Å². The zero-order valence-corrected chi connectivity index (χ0v) is 10.3. The third-order valence-electron chi connectivity index (χ3n) is 2.79. The molecule has 0 radical (unpaired) electrons. The number of aryl methyl sites for hydroxylation is 1. The highest BCUT2D eigenvalue weighted by molar-refractivity contribution is 9.10. The number of aliphatic hydroxyl groups is 1. The van der Waals surface area contributed by atoms with Gasteiger partial charge >= 0.3 is 0 Å². The van der Waals surface area contributed by atoms with Crippen molar-refractivity contribution in [1.29, 1.82) is 0 Å². The second-order valence-electron chi connectivity index (χ2n) is 3.97. The van der Waals surface area contributed by atoms with Crippen LogP contribution in [-0.4, -0.2) is 17.3 Å². The second kappa shape index (κ2) is 3.39. The van der Waals surface area contributed by atoms with E-state index < -0.39 is 5.60 Å². The molecular formula is C11H13BrO3. The summed E-state index contributed by atoms with van der Waals surface area (Å²) >= 11 is 3.37. The predicted molar refractivity (Wildman–Crippen MR) is 60.2 cm³/mol. The molecule has 4 heteroatoms. The summed E-state index contributed by atoms with van der Waals surface area (Å²) in [5.74, 6) is 0.478. The molecule has 1 aromatic carbocycles. The first-order valence-electron chi connectivity index (χ1n) is 4.78. The minimum Gasteiger partial charge on any atom is -0.504 e. The van der Waals surface area contributed by atoms with Crippen molar-refractivity contribution in [2.45, 2.75) is 25.4 Å². The van der Waals surface area contributed by atoms with Crippen LogP contribution in [0.5, 0.6) is 11.5 Å². The van der Waals surface area contributed by atoms with Gasteiger partial charge in [-0.1, -0.05) is 0 Å². The Morgan fingerprint density at radius 1 is 1.47 bits per heavy atom. The van der Waals surface area contributed by atoms with Gasteiger partial charge in [0.05, 0.1) is 17.2 Å². The first-order chi connectivity index (χ1) is 6.99. The van der Waals surface area contributed by atoms with Crippen molar-refractivity contribution in [2.24, 2.45) is 0 Å². The van der Waals surface area contributed by atoms with Crippen molar-refractivity contribution in [3.63, 3.8) is 0 Å². The van der Waals surface area contributed by atoms with Gasteiger partial charge in [-0.3, -0.25) is 0 Å². The molecule has 0 heterocycles. The molecular weight excluding hydrogens is 260 g/mol. The van der Waals surface area contributed by atoms with Crippen LogP contribution in [-0.2, 0) is 5.60 Å². The quantitative estimate of drug-likeness (QED) is 0.870. The normalized spacial score (nSPS) is 17.6. The second-order valence-corrected chi connectivity index (χ2v) is 4.76. The van der Waals surface area contributed by atoms with Crippen LogP contribution in [0.3, 0.4) is 0 Å². The van der Waals surface area contributed by atoms with Gasteiger partial charge < -0.3 is 14.9 Å². The summed E-state index contributed by atoms with van der Waals surface area (Å²) in [5.41, 5.74) is 0.974. The van der Waals surface area contributed by atoms with Crippen molar-refractivity contribution in [2.75, 3.05) is 7.11 Å². The molecule has 0 spiro atoms. The lowest BCUT2D eigenvalue weighted by atomic mass is 10.0. The van der Waals surface area contributed by atoms with Crippen molar-refractivity contribution < 1.29 is 14.9 Å². The average molecular weight is 273 g/mol. The molecule has 1 aliphatic rings. The van der Waals surface area contributed by atoms with Crippen LogP contribution in [0.15, 0.2) is 10.5 Å². The number of aromatic hydroxyl groups is 1. The lowest BCUT2D eigenvalue weighted by molar-refractivity contribution is 0.149. The highest BCUT2D eigenvalue weighted by Crippen LogP contribution is 2.52. The number of hydrogen-bond acceptors (Lipinski definition) is 3. The monoisotopic (exact) mass is 272 g/mol. The van der Waals surface area contributed by atoms with Gasteiger partial charge in [0.2, 0.25) is 0 Å². The van der Waals surface area contributed by atoms with Gasteiger partial charge in [-0.05, 0) is 47.3 Å². The van der Waals surface area contributed by atoms with Crippen LogP contribution in [0.2, 0.25) is 0 Å². The maximum absolute atomic E-state index is 10.1. The molecule has 0 aromatic heterocycles. The van der Waals surface area contributed by atoms with E-state index in [9.17, 15) is 10.2 Å². The lowest BCUT2D eigenvalue weighted by Gasteiger charge is -2.17. The minimum atomic E-state index is -0.732. The highest BCUT2D eigenvalue weighted by Gasteiger charge is 2.45. The summed E-state index contributed by atoms with van der Waals surface area (Å²) in [6.45, 7) is 1.87. The molecule has 1 aromatic rings. The van der Waals surface area contributed by atoms with E-state index in [2.05, 4.69) is 15.9 Å². The Labute approximate surface area is 96.8 Å². The Morgan fingerprint density at radius 3 is 2.53 bits per heavy atom. The Balaban J connectivity index is 2.64. The van der Waals surface area contributed by atoms with Crippen molar-refractivity contribution in [3.05, 3.63) is 21.7 Å². The predicted octanol–water partition coefficient (Wildman–Crippen LogP) is 2.45. The summed E-state index contributed by atoms with van der Waals surface area (Å²) in [6.07, 6.45) is 1.53. The zero-order valence-electron chi connectivity index (χ0n) is 8.67. The van der Waals surface area contributed by atoms with Crippen LogP contribution in [0, 0.1) is 6.92 Å². The van der Waals surface area contributed by atoms with E-state index in [0.717, 1.165) is 24.0 Å². The summed E-state index contributed by atoms with van der Waals surface area (Å²) in [6, 6.07) is 1.62. The van der Waals surface area contributed by atoms with E-state index in [1.165, 1.54) is 7.11 Å². The Morgan fingerprint density at radius 2 is 2.07 bits per heavy atom. The summed E-state index contributed by atoms with van der Waals surface area (Å²) in [5, 5.41) is 19.8. The largest absolute Gasteiger partial charge is 0.504 e. The molecule has 3 nitrogen and oxygen atoms in total. The van der Waals surface area contributed by atoms with E-state index in [4.69, 9.17) is 4.74 Å². The molecule has 0 atom stereocenters. The number of methoxy groups -OCH3 is 1. The van der Waals surface area contributed by atoms with E-state index in [0.29, 0.717) is 10.2 Å². The molecule has 1 aliphatic carbocycles. The molecule has 0 unspecified atom stereocenters. The summed E-state index contributed by atoms with van der Waals surface area (Å²) in [7, 11) is 1.50. The molecule has 2 rings (SSSR count). The Bertz CT molecular complexity index is 411. The van der Waals surface area contributed by atoms with Gasteiger partial charge in [-0.2, -0.15) is 0 Å². The van der Waals surface area contributed by atoms with E-state index >= 15 is 0 Å². The molecule has 0 aliphatic heterocycles. The van der Waals surface area contributed by atoms with Crippen LogP contribution in [0.4, 0.5) is 0 Å². The fourth-order valence-electron chi connectivity index (χ4n) is 1.88. The molecule has 0 saturated heterocycles. The Hall–Kier alpha value is -0.740. The smallest absolute Gasteiger partial charge is 0.175 e. The highest BCUT2D eigenvalue weighted by atomic mass is 79.9. The number of rotatable bonds is 2. The van der Waals surface area contributed by atoms with Gasteiger partial charge in [0.15, 0.2) is 11.5 Å². The fraction of sp³-hybridized carbons (Fsp3) is 0.455. The number of phenolic OH excluding ortho intramolecular Hbond substituents is 1. The summed E-state index contributed by atoms with van der Waals surface area (Å²) < 4.78 is 5.74. The lowest BCUT2D eigenvalue weighted by Crippen LogP contribution is -2.08. The van der Waals surface area contributed by atoms with Gasteiger partial charge in [-0.25, -0.2) is 0 Å². The third-order valence-corrected chi connectivity index (χ3v) is 3.55. The third kappa shape index (κ3) is 1.62. The van der Waals surface area contributed by atoms with Crippen molar-refractivity contribution >= 4 is 15.9 Å².